The van der Waals surface area contributed by atoms with E-state index in [1.54, 1.807) is 13.2 Å². The second kappa shape index (κ2) is 6.23. The average Bonchev–Trinajstić information content (AvgIpc) is 3.10. The molecule has 2 heterocycles. The number of aromatic amines is 1. The second-order valence-electron chi connectivity index (χ2n) is 7.06. The van der Waals surface area contributed by atoms with Gasteiger partial charge in [0.25, 0.3) is 0 Å². The number of fused-ring (bicyclic) bond motifs is 2. The smallest absolute Gasteiger partial charge is 0.245 e. The van der Waals surface area contributed by atoms with Crippen molar-refractivity contribution in [1.29, 1.82) is 0 Å². The summed E-state index contributed by atoms with van der Waals surface area (Å²) in [4.78, 5) is 12.6. The molecule has 28 heavy (non-hydrogen) atoms. The number of nitrogens with zero attached hydrogens (tertiary/aromatic N) is 1. The number of nitrogens with one attached hydrogen (secondary N) is 2. The Hall–Kier alpha value is -3.60. The number of carbonyl (C=O) groups is 1. The number of aryl methyl sites for hydroxylation is 1. The Morgan fingerprint density at radius 2 is 2.00 bits per heavy atom. The first-order valence-corrected chi connectivity index (χ1v) is 9.18. The maximum Gasteiger partial charge on any atom is 0.245 e. The van der Waals surface area contributed by atoms with E-state index >= 15 is 0 Å². The first kappa shape index (κ1) is 16.6. The molecule has 2 aromatic rings. The SMILES string of the molecule is COc1ccc([C@@H]2NC(=O)C=c3c2c[nH]nc2ccc4cccc3c4-2)cc1C. The number of rotatable bonds is 2. The van der Waals surface area contributed by atoms with E-state index in [1.165, 1.54) is 0 Å². The zero-order chi connectivity index (χ0) is 19.3. The molecule has 0 saturated heterocycles. The summed E-state index contributed by atoms with van der Waals surface area (Å²) in [6.45, 7) is 2.00. The zero-order valence-electron chi connectivity index (χ0n) is 15.6. The maximum absolute atomic E-state index is 12.6. The molecular formula is C23H19N3O2. The van der Waals surface area contributed by atoms with E-state index in [9.17, 15) is 4.79 Å². The van der Waals surface area contributed by atoms with Gasteiger partial charge >= 0.3 is 0 Å². The minimum atomic E-state index is -0.272. The number of amides is 1. The van der Waals surface area contributed by atoms with Gasteiger partial charge in [-0.2, -0.15) is 5.10 Å². The van der Waals surface area contributed by atoms with Crippen molar-refractivity contribution in [3.63, 3.8) is 0 Å². The Labute approximate surface area is 162 Å². The van der Waals surface area contributed by atoms with Crippen LogP contribution in [0.4, 0.5) is 0 Å². The molecule has 1 atom stereocenters. The molecule has 0 bridgehead atoms. The van der Waals surface area contributed by atoms with Gasteiger partial charge in [-0.1, -0.05) is 30.3 Å². The van der Waals surface area contributed by atoms with Crippen LogP contribution in [0.1, 0.15) is 22.7 Å². The first-order chi connectivity index (χ1) is 13.7. The van der Waals surface area contributed by atoms with Crippen molar-refractivity contribution in [2.24, 2.45) is 0 Å². The third-order valence-corrected chi connectivity index (χ3v) is 5.41. The summed E-state index contributed by atoms with van der Waals surface area (Å²) in [5.41, 5.74) is 4.94. The van der Waals surface area contributed by atoms with Crippen LogP contribution in [0.2, 0.25) is 0 Å². The van der Waals surface area contributed by atoms with Crippen molar-refractivity contribution in [2.45, 2.75) is 13.0 Å². The minimum Gasteiger partial charge on any atom is -0.496 e. The highest BCUT2D eigenvalue weighted by Gasteiger charge is 2.24. The van der Waals surface area contributed by atoms with E-state index in [0.29, 0.717) is 0 Å². The molecule has 2 N–H and O–H groups in total. The number of carbonyl (C=O) groups excluding carboxylic acids is 1. The summed E-state index contributed by atoms with van der Waals surface area (Å²) >= 11 is 0. The highest BCUT2D eigenvalue weighted by Crippen LogP contribution is 2.32. The number of methoxy groups -OCH3 is 1. The lowest BCUT2D eigenvalue weighted by Crippen LogP contribution is -2.37. The Morgan fingerprint density at radius 1 is 1.11 bits per heavy atom. The Morgan fingerprint density at radius 3 is 2.82 bits per heavy atom. The van der Waals surface area contributed by atoms with Gasteiger partial charge < -0.3 is 10.1 Å². The molecule has 138 valence electrons. The lowest BCUT2D eigenvalue weighted by atomic mass is 9.92. The van der Waals surface area contributed by atoms with Crippen LogP contribution < -0.4 is 15.3 Å². The molecule has 5 heteroatoms. The van der Waals surface area contributed by atoms with Crippen LogP contribution in [0, 0.1) is 6.92 Å². The Bertz CT molecular complexity index is 1270. The number of aromatic nitrogens is 2. The molecular weight excluding hydrogens is 350 g/mol. The van der Waals surface area contributed by atoms with Crippen LogP contribution >= 0.6 is 0 Å². The van der Waals surface area contributed by atoms with Gasteiger partial charge in [0.15, 0.2) is 0 Å². The number of hydrogen-bond donors (Lipinski definition) is 2. The predicted molar refractivity (Wildman–Crippen MR) is 109 cm³/mol. The Kier molecular flexibility index (Phi) is 3.69. The van der Waals surface area contributed by atoms with Gasteiger partial charge in [-0.3, -0.25) is 9.89 Å². The van der Waals surface area contributed by atoms with Gasteiger partial charge in [0.1, 0.15) is 5.75 Å². The molecule has 5 rings (SSSR count). The molecule has 0 fully saturated rings. The van der Waals surface area contributed by atoms with Crippen molar-refractivity contribution in [3.05, 3.63) is 76.6 Å². The summed E-state index contributed by atoms with van der Waals surface area (Å²) in [5, 5.41) is 13.7. The summed E-state index contributed by atoms with van der Waals surface area (Å²) in [6.07, 6.45) is 3.56. The zero-order valence-corrected chi connectivity index (χ0v) is 15.6. The Balaban J connectivity index is 1.83. The van der Waals surface area contributed by atoms with E-state index in [2.05, 4.69) is 39.8 Å². The van der Waals surface area contributed by atoms with Crippen molar-refractivity contribution in [2.75, 3.05) is 7.11 Å². The minimum absolute atomic E-state index is 0.103. The van der Waals surface area contributed by atoms with E-state index in [0.717, 1.165) is 49.7 Å². The summed E-state index contributed by atoms with van der Waals surface area (Å²) < 4.78 is 5.38. The monoisotopic (exact) mass is 369 g/mol. The highest BCUT2D eigenvalue weighted by molar-refractivity contribution is 6.08. The van der Waals surface area contributed by atoms with Crippen molar-refractivity contribution in [1.82, 2.24) is 15.5 Å². The van der Waals surface area contributed by atoms with E-state index in [-0.39, 0.29) is 11.9 Å². The predicted octanol–water partition coefficient (Wildman–Crippen LogP) is 3.27. The largest absolute Gasteiger partial charge is 0.496 e. The number of H-pyrrole nitrogens is 1. The molecule has 2 aliphatic heterocycles. The standard InChI is InChI=1S/C23H19N3O2/c1-13-10-15(7-9-20(13)28-2)23-18-12-24-26-19-8-6-14-4-3-5-16(22(14)19)17(18)11-21(27)25-23/h3-12,23-24H,1-2H3,(H,25,27)/t23-/m0/s1. The number of ether oxygens (including phenoxy) is 1. The molecule has 0 unspecified atom stereocenters. The first-order valence-electron chi connectivity index (χ1n) is 9.18. The second-order valence-corrected chi connectivity index (χ2v) is 7.06. The van der Waals surface area contributed by atoms with Gasteiger partial charge in [0.05, 0.1) is 18.8 Å². The van der Waals surface area contributed by atoms with Crippen molar-refractivity contribution >= 4 is 22.8 Å². The highest BCUT2D eigenvalue weighted by atomic mass is 16.5. The van der Waals surface area contributed by atoms with Crippen LogP contribution in [-0.4, -0.2) is 23.2 Å². The fourth-order valence-electron chi connectivity index (χ4n) is 4.11. The quantitative estimate of drug-likeness (QED) is 0.570. The normalized spacial score (nSPS) is 15.8. The van der Waals surface area contributed by atoms with E-state index in [4.69, 9.17) is 4.74 Å². The lowest BCUT2D eigenvalue weighted by Gasteiger charge is -2.24. The van der Waals surface area contributed by atoms with Crippen LogP contribution in [0.25, 0.3) is 28.1 Å². The fourth-order valence-corrected chi connectivity index (χ4v) is 4.11. The molecule has 0 saturated carbocycles. The molecule has 1 amide bonds. The van der Waals surface area contributed by atoms with Crippen LogP contribution in [0.5, 0.6) is 5.75 Å². The molecule has 3 aliphatic rings. The van der Waals surface area contributed by atoms with Gasteiger partial charge in [-0.05, 0) is 52.2 Å². The van der Waals surface area contributed by atoms with E-state index < -0.39 is 0 Å². The molecule has 1 aliphatic carbocycles. The van der Waals surface area contributed by atoms with Gasteiger partial charge in [-0.15, -0.1) is 0 Å². The maximum atomic E-state index is 12.6. The molecule has 0 radical (unpaired) electrons. The summed E-state index contributed by atoms with van der Waals surface area (Å²) in [7, 11) is 1.66. The van der Waals surface area contributed by atoms with Crippen LogP contribution in [-0.2, 0) is 4.79 Å². The van der Waals surface area contributed by atoms with Gasteiger partial charge in [0.2, 0.25) is 5.91 Å². The molecule has 0 spiro atoms. The summed E-state index contributed by atoms with van der Waals surface area (Å²) in [6, 6.07) is 15.9. The number of benzene rings is 2. The average molecular weight is 369 g/mol. The number of hydrogen-bond acceptors (Lipinski definition) is 3. The van der Waals surface area contributed by atoms with Gasteiger partial charge in [-0.25, -0.2) is 0 Å². The van der Waals surface area contributed by atoms with Crippen molar-refractivity contribution < 1.29 is 9.53 Å². The third kappa shape index (κ3) is 2.47. The third-order valence-electron chi connectivity index (χ3n) is 5.41. The summed E-state index contributed by atoms with van der Waals surface area (Å²) in [5.74, 6) is 0.723. The molecule has 2 aromatic carbocycles. The van der Waals surface area contributed by atoms with Gasteiger partial charge in [0, 0.05) is 23.4 Å². The van der Waals surface area contributed by atoms with Crippen LogP contribution in [0.3, 0.4) is 0 Å². The van der Waals surface area contributed by atoms with E-state index in [1.807, 2.05) is 37.4 Å². The van der Waals surface area contributed by atoms with Crippen molar-refractivity contribution in [3.8, 4) is 17.0 Å². The lowest BCUT2D eigenvalue weighted by molar-refractivity contribution is -0.115. The fraction of sp³-hybridized carbons (Fsp3) is 0.130. The topological polar surface area (TPSA) is 67.0 Å². The molecule has 0 aromatic heterocycles. The molecule has 5 nitrogen and oxygen atoms in total. The van der Waals surface area contributed by atoms with Crippen LogP contribution in [0.15, 0.2) is 54.7 Å².